The first-order chi connectivity index (χ1) is 12.4. The van der Waals surface area contributed by atoms with Gasteiger partial charge in [-0.3, -0.25) is 9.69 Å². The van der Waals surface area contributed by atoms with Crippen LogP contribution in [0.2, 0.25) is 0 Å². The molecule has 0 radical (unpaired) electrons. The molecule has 0 saturated heterocycles. The van der Waals surface area contributed by atoms with E-state index in [0.717, 1.165) is 11.1 Å². The Hall–Kier alpha value is -3.08. The topological polar surface area (TPSA) is 55.8 Å². The summed E-state index contributed by atoms with van der Waals surface area (Å²) in [5.74, 6) is 0.0458. The van der Waals surface area contributed by atoms with Gasteiger partial charge in [-0.25, -0.2) is 4.79 Å². The van der Waals surface area contributed by atoms with Crippen molar-refractivity contribution in [2.45, 2.75) is 19.9 Å². The highest BCUT2D eigenvalue weighted by atomic mass is 16.6. The number of benzene rings is 2. The lowest BCUT2D eigenvalue weighted by atomic mass is 9.77. The van der Waals surface area contributed by atoms with Gasteiger partial charge in [-0.2, -0.15) is 0 Å². The van der Waals surface area contributed by atoms with Crippen LogP contribution in [0.5, 0.6) is 5.75 Å². The van der Waals surface area contributed by atoms with E-state index >= 15 is 0 Å². The molecular weight excluding hydrogens is 330 g/mol. The quantitative estimate of drug-likeness (QED) is 0.769. The normalized spacial score (nSPS) is 16.0. The van der Waals surface area contributed by atoms with Crippen molar-refractivity contribution < 1.29 is 19.1 Å². The van der Waals surface area contributed by atoms with Gasteiger partial charge in [0.1, 0.15) is 5.75 Å². The lowest BCUT2D eigenvalue weighted by Crippen LogP contribution is -2.45. The van der Waals surface area contributed by atoms with Crippen molar-refractivity contribution in [2.75, 3.05) is 7.11 Å². The molecule has 5 heteroatoms. The second-order valence-electron chi connectivity index (χ2n) is 6.65. The van der Waals surface area contributed by atoms with E-state index in [0.29, 0.717) is 5.75 Å². The van der Waals surface area contributed by atoms with Crippen LogP contribution in [-0.2, 0) is 9.53 Å². The second kappa shape index (κ2) is 7.04. The third-order valence-electron chi connectivity index (χ3n) is 4.54. The maximum atomic E-state index is 12.8. The molecule has 1 heterocycles. The Balaban J connectivity index is 2.00. The lowest BCUT2D eigenvalue weighted by Gasteiger charge is -2.40. The van der Waals surface area contributed by atoms with Crippen LogP contribution in [0.3, 0.4) is 0 Å². The Labute approximate surface area is 152 Å². The highest BCUT2D eigenvalue weighted by Crippen LogP contribution is 2.43. The van der Waals surface area contributed by atoms with Crippen LogP contribution in [0, 0.1) is 5.41 Å². The molecule has 1 unspecified atom stereocenters. The SMILES string of the molecule is COC(=O)C(C)(C)C1c2ccccc2C=CN1C(=O)Oc1ccccc1. The molecule has 0 fully saturated rings. The van der Waals surface area contributed by atoms with Crippen LogP contribution in [0.25, 0.3) is 6.08 Å². The maximum absolute atomic E-state index is 12.8. The first-order valence-electron chi connectivity index (χ1n) is 8.36. The number of carbonyl (C=O) groups is 2. The summed E-state index contributed by atoms with van der Waals surface area (Å²) in [5.41, 5.74) is 0.861. The largest absolute Gasteiger partial charge is 0.469 e. The van der Waals surface area contributed by atoms with Gasteiger partial charge in [0.2, 0.25) is 0 Å². The molecule has 0 aliphatic carbocycles. The molecule has 0 aromatic heterocycles. The fraction of sp³-hybridized carbons (Fsp3) is 0.238. The van der Waals surface area contributed by atoms with Crippen molar-refractivity contribution in [3.63, 3.8) is 0 Å². The fourth-order valence-corrected chi connectivity index (χ4v) is 3.23. The van der Waals surface area contributed by atoms with E-state index < -0.39 is 23.5 Å². The van der Waals surface area contributed by atoms with E-state index in [4.69, 9.17) is 9.47 Å². The van der Waals surface area contributed by atoms with Crippen molar-refractivity contribution in [1.82, 2.24) is 4.90 Å². The standard InChI is InChI=1S/C21H21NO4/c1-21(2,19(23)25-3)18-17-12-8-7-9-15(17)13-14-22(18)20(24)26-16-10-5-4-6-11-16/h4-14,18H,1-3H3. The number of ether oxygens (including phenoxy) is 2. The van der Waals surface area contributed by atoms with Crippen LogP contribution < -0.4 is 4.74 Å². The Morgan fingerprint density at radius 3 is 2.35 bits per heavy atom. The molecule has 1 aliphatic rings. The molecule has 0 saturated carbocycles. The lowest BCUT2D eigenvalue weighted by molar-refractivity contribution is -0.154. The number of rotatable bonds is 3. The average Bonchev–Trinajstić information content (AvgIpc) is 2.66. The molecule has 5 nitrogen and oxygen atoms in total. The predicted octanol–water partition coefficient (Wildman–Crippen LogP) is 4.41. The molecule has 1 atom stereocenters. The first-order valence-corrected chi connectivity index (χ1v) is 8.36. The summed E-state index contributed by atoms with van der Waals surface area (Å²) < 4.78 is 10.5. The summed E-state index contributed by atoms with van der Waals surface area (Å²) >= 11 is 0. The van der Waals surface area contributed by atoms with Crippen molar-refractivity contribution >= 4 is 18.1 Å². The summed E-state index contributed by atoms with van der Waals surface area (Å²) in [4.78, 5) is 26.7. The number of methoxy groups -OCH3 is 1. The highest BCUT2D eigenvalue weighted by molar-refractivity contribution is 5.81. The predicted molar refractivity (Wildman–Crippen MR) is 98.3 cm³/mol. The molecule has 2 aromatic rings. The molecule has 26 heavy (non-hydrogen) atoms. The zero-order valence-corrected chi connectivity index (χ0v) is 15.0. The molecular formula is C21H21NO4. The summed E-state index contributed by atoms with van der Waals surface area (Å²) in [5, 5.41) is 0. The van der Waals surface area contributed by atoms with Gasteiger partial charge in [0, 0.05) is 6.20 Å². The van der Waals surface area contributed by atoms with Gasteiger partial charge in [-0.05, 0) is 43.2 Å². The number of carbonyl (C=O) groups excluding carboxylic acids is 2. The Bertz CT molecular complexity index is 842. The van der Waals surface area contributed by atoms with Gasteiger partial charge in [-0.1, -0.05) is 42.5 Å². The number of fused-ring (bicyclic) bond motifs is 1. The van der Waals surface area contributed by atoms with Crippen LogP contribution in [-0.4, -0.2) is 24.1 Å². The average molecular weight is 351 g/mol. The van der Waals surface area contributed by atoms with Gasteiger partial charge >= 0.3 is 12.1 Å². The van der Waals surface area contributed by atoms with Crippen molar-refractivity contribution in [3.05, 3.63) is 71.9 Å². The highest BCUT2D eigenvalue weighted by Gasteiger charge is 2.46. The summed E-state index contributed by atoms with van der Waals surface area (Å²) in [6.45, 7) is 3.53. The van der Waals surface area contributed by atoms with E-state index in [1.807, 2.05) is 36.4 Å². The van der Waals surface area contributed by atoms with Crippen molar-refractivity contribution in [3.8, 4) is 5.75 Å². The number of amides is 1. The Morgan fingerprint density at radius 1 is 1.00 bits per heavy atom. The van der Waals surface area contributed by atoms with E-state index in [9.17, 15) is 9.59 Å². The van der Waals surface area contributed by atoms with E-state index in [2.05, 4.69) is 0 Å². The molecule has 0 spiro atoms. The van der Waals surface area contributed by atoms with Gasteiger partial charge in [0.15, 0.2) is 0 Å². The summed E-state index contributed by atoms with van der Waals surface area (Å²) in [7, 11) is 1.35. The summed E-state index contributed by atoms with van der Waals surface area (Å²) in [6, 6.07) is 16.0. The molecule has 0 N–H and O–H groups in total. The number of para-hydroxylation sites is 1. The van der Waals surface area contributed by atoms with Crippen molar-refractivity contribution in [2.24, 2.45) is 5.41 Å². The van der Waals surface area contributed by atoms with Gasteiger partial charge in [0.05, 0.1) is 18.6 Å². The Morgan fingerprint density at radius 2 is 1.65 bits per heavy atom. The van der Waals surface area contributed by atoms with Gasteiger partial charge < -0.3 is 9.47 Å². The van der Waals surface area contributed by atoms with E-state index in [-0.39, 0.29) is 0 Å². The van der Waals surface area contributed by atoms with Crippen LogP contribution in [0.4, 0.5) is 4.79 Å². The minimum atomic E-state index is -0.967. The molecule has 1 aliphatic heterocycles. The zero-order chi connectivity index (χ0) is 18.7. The van der Waals surface area contributed by atoms with Gasteiger partial charge in [0.25, 0.3) is 0 Å². The number of hydrogen-bond donors (Lipinski definition) is 0. The number of hydrogen-bond acceptors (Lipinski definition) is 4. The molecule has 1 amide bonds. The third kappa shape index (κ3) is 3.20. The van der Waals surface area contributed by atoms with Crippen LogP contribution >= 0.6 is 0 Å². The maximum Gasteiger partial charge on any atom is 0.419 e. The van der Waals surface area contributed by atoms with E-state index in [1.54, 1.807) is 44.3 Å². The minimum absolute atomic E-state index is 0.398. The smallest absolute Gasteiger partial charge is 0.419 e. The zero-order valence-electron chi connectivity index (χ0n) is 15.0. The van der Waals surface area contributed by atoms with Crippen molar-refractivity contribution in [1.29, 1.82) is 0 Å². The van der Waals surface area contributed by atoms with Crippen LogP contribution in [0.1, 0.15) is 31.0 Å². The fourth-order valence-electron chi connectivity index (χ4n) is 3.23. The molecule has 2 aromatic carbocycles. The Kier molecular flexibility index (Phi) is 4.80. The van der Waals surface area contributed by atoms with Gasteiger partial charge in [-0.15, -0.1) is 0 Å². The molecule has 3 rings (SSSR count). The molecule has 0 bridgehead atoms. The molecule has 134 valence electrons. The monoisotopic (exact) mass is 351 g/mol. The van der Waals surface area contributed by atoms with Crippen LogP contribution in [0.15, 0.2) is 60.8 Å². The number of nitrogens with zero attached hydrogens (tertiary/aromatic N) is 1. The number of esters is 1. The first kappa shape index (κ1) is 17.7. The second-order valence-corrected chi connectivity index (χ2v) is 6.65. The summed E-state index contributed by atoms with van der Waals surface area (Å²) in [6.07, 6.45) is 2.94. The van der Waals surface area contributed by atoms with E-state index in [1.165, 1.54) is 12.0 Å². The minimum Gasteiger partial charge on any atom is -0.469 e. The third-order valence-corrected chi connectivity index (χ3v) is 4.54.